The number of tetrazole rings is 1. The Morgan fingerprint density at radius 1 is 1.19 bits per heavy atom. The largest absolute Gasteiger partial charge is 0.376 e. The van der Waals surface area contributed by atoms with Crippen molar-refractivity contribution in [2.45, 2.75) is 49.2 Å². The first-order valence-corrected chi connectivity index (χ1v) is 10.2. The summed E-state index contributed by atoms with van der Waals surface area (Å²) >= 11 is 1.61. The van der Waals surface area contributed by atoms with Crippen molar-refractivity contribution in [2.75, 3.05) is 19.7 Å². The summed E-state index contributed by atoms with van der Waals surface area (Å²) in [6, 6.07) is 7.88. The maximum absolute atomic E-state index is 12.4. The van der Waals surface area contributed by atoms with Gasteiger partial charge in [0.25, 0.3) is 5.91 Å². The fraction of sp³-hybridized carbons (Fsp3) is 0.556. The van der Waals surface area contributed by atoms with Crippen molar-refractivity contribution in [3.63, 3.8) is 0 Å². The molecule has 2 aliphatic heterocycles. The van der Waals surface area contributed by atoms with Crippen LogP contribution in [0.2, 0.25) is 0 Å². The molecule has 1 aromatic heterocycles. The third-order valence-corrected chi connectivity index (χ3v) is 5.89. The van der Waals surface area contributed by atoms with Crippen molar-refractivity contribution in [1.82, 2.24) is 25.1 Å². The molecule has 2 aromatic rings. The summed E-state index contributed by atoms with van der Waals surface area (Å²) in [7, 11) is 0. The van der Waals surface area contributed by atoms with Gasteiger partial charge in [0.2, 0.25) is 5.16 Å². The Labute approximate surface area is 157 Å². The Hall–Kier alpha value is -1.93. The van der Waals surface area contributed by atoms with E-state index in [1.54, 1.807) is 11.8 Å². The van der Waals surface area contributed by atoms with Gasteiger partial charge in [-0.3, -0.25) is 4.79 Å². The van der Waals surface area contributed by atoms with Crippen LogP contribution in [0.4, 0.5) is 0 Å². The van der Waals surface area contributed by atoms with Gasteiger partial charge in [0, 0.05) is 31.0 Å². The van der Waals surface area contributed by atoms with Crippen molar-refractivity contribution in [2.24, 2.45) is 0 Å². The van der Waals surface area contributed by atoms with Crippen molar-refractivity contribution in [3.05, 3.63) is 35.4 Å². The second-order valence-corrected chi connectivity index (χ2v) is 7.71. The highest BCUT2D eigenvalue weighted by Gasteiger charge is 2.20. The number of ether oxygens (including phenoxy) is 1. The summed E-state index contributed by atoms with van der Waals surface area (Å²) in [6.07, 6.45) is 4.62. The number of amides is 1. The number of hydrogen-bond acceptors (Lipinski definition) is 6. The van der Waals surface area contributed by atoms with Crippen LogP contribution in [0.3, 0.4) is 0 Å². The van der Waals surface area contributed by atoms with Crippen molar-refractivity contribution < 1.29 is 9.53 Å². The van der Waals surface area contributed by atoms with Crippen LogP contribution >= 0.6 is 11.8 Å². The zero-order valence-corrected chi connectivity index (χ0v) is 15.5. The van der Waals surface area contributed by atoms with E-state index in [2.05, 4.69) is 15.5 Å². The van der Waals surface area contributed by atoms with Gasteiger partial charge in [-0.05, 0) is 53.8 Å². The van der Waals surface area contributed by atoms with Crippen LogP contribution in [-0.2, 0) is 17.0 Å². The summed E-state index contributed by atoms with van der Waals surface area (Å²) in [5.41, 5.74) is 1.92. The minimum Gasteiger partial charge on any atom is -0.376 e. The lowest BCUT2D eigenvalue weighted by Crippen LogP contribution is -2.27. The summed E-state index contributed by atoms with van der Waals surface area (Å²) in [4.78, 5) is 14.3. The van der Waals surface area contributed by atoms with Gasteiger partial charge in [0.1, 0.15) is 0 Å². The van der Waals surface area contributed by atoms with Gasteiger partial charge >= 0.3 is 0 Å². The Balaban J connectivity index is 1.33. The van der Waals surface area contributed by atoms with Crippen LogP contribution in [0.25, 0.3) is 0 Å². The molecule has 26 heavy (non-hydrogen) atoms. The highest BCUT2D eigenvalue weighted by molar-refractivity contribution is 7.98. The van der Waals surface area contributed by atoms with Gasteiger partial charge in [-0.1, -0.05) is 23.9 Å². The molecule has 0 saturated carbocycles. The Morgan fingerprint density at radius 3 is 2.73 bits per heavy atom. The topological polar surface area (TPSA) is 73.1 Å². The number of carbonyl (C=O) groups is 1. The molecular weight excluding hydrogens is 350 g/mol. The van der Waals surface area contributed by atoms with E-state index in [1.807, 2.05) is 33.8 Å². The Morgan fingerprint density at radius 2 is 2.00 bits per heavy atom. The van der Waals surface area contributed by atoms with Crippen LogP contribution in [0.15, 0.2) is 29.4 Å². The third-order valence-electron chi connectivity index (χ3n) is 4.86. The normalized spacial score (nSPS) is 20.0. The molecule has 1 amide bonds. The summed E-state index contributed by atoms with van der Waals surface area (Å²) in [6.45, 7) is 3.30. The second kappa shape index (κ2) is 8.18. The molecule has 3 heterocycles. The maximum atomic E-state index is 12.4. The molecular formula is C18H23N5O2S. The molecule has 1 unspecified atom stereocenters. The van der Waals surface area contributed by atoms with Crippen molar-refractivity contribution in [3.8, 4) is 0 Å². The monoisotopic (exact) mass is 373 g/mol. The summed E-state index contributed by atoms with van der Waals surface area (Å²) in [5, 5.41) is 12.8. The first kappa shape index (κ1) is 17.5. The number of nitrogens with zero attached hydrogens (tertiary/aromatic N) is 5. The number of aromatic nitrogens is 4. The predicted molar refractivity (Wildman–Crippen MR) is 97.9 cm³/mol. The third kappa shape index (κ3) is 4.07. The van der Waals surface area contributed by atoms with Crippen molar-refractivity contribution in [1.29, 1.82) is 0 Å². The lowest BCUT2D eigenvalue weighted by atomic mass is 10.1. The molecule has 2 saturated heterocycles. The van der Waals surface area contributed by atoms with E-state index in [4.69, 9.17) is 4.74 Å². The molecule has 7 nitrogen and oxygen atoms in total. The van der Waals surface area contributed by atoms with Gasteiger partial charge in [-0.2, -0.15) is 0 Å². The number of likely N-dealkylation sites (tertiary alicyclic amines) is 1. The summed E-state index contributed by atoms with van der Waals surface area (Å²) in [5.74, 6) is 0.909. The maximum Gasteiger partial charge on any atom is 0.253 e. The smallest absolute Gasteiger partial charge is 0.253 e. The van der Waals surface area contributed by atoms with Crippen molar-refractivity contribution >= 4 is 17.7 Å². The fourth-order valence-corrected chi connectivity index (χ4v) is 4.23. The molecule has 1 atom stereocenters. The molecule has 0 bridgehead atoms. The van der Waals surface area contributed by atoms with E-state index in [0.717, 1.165) is 67.4 Å². The lowest BCUT2D eigenvalue weighted by Gasteiger charge is -2.15. The number of hydrogen-bond donors (Lipinski definition) is 0. The average molecular weight is 373 g/mol. The van der Waals surface area contributed by atoms with Gasteiger partial charge in [0.15, 0.2) is 0 Å². The summed E-state index contributed by atoms with van der Waals surface area (Å²) < 4.78 is 7.49. The van der Waals surface area contributed by atoms with E-state index >= 15 is 0 Å². The molecule has 8 heteroatoms. The molecule has 0 N–H and O–H groups in total. The van der Waals surface area contributed by atoms with Gasteiger partial charge in [-0.15, -0.1) is 5.10 Å². The minimum atomic E-state index is 0.141. The van der Waals surface area contributed by atoms with Gasteiger partial charge < -0.3 is 9.64 Å². The lowest BCUT2D eigenvalue weighted by molar-refractivity contribution is 0.0792. The number of carbonyl (C=O) groups excluding carboxylic acids is 1. The van der Waals surface area contributed by atoms with E-state index in [0.29, 0.717) is 6.54 Å². The van der Waals surface area contributed by atoms with E-state index < -0.39 is 0 Å². The van der Waals surface area contributed by atoms with Crippen LogP contribution < -0.4 is 0 Å². The Bertz CT molecular complexity index is 736. The highest BCUT2D eigenvalue weighted by atomic mass is 32.2. The Kier molecular flexibility index (Phi) is 5.50. The molecule has 138 valence electrons. The van der Waals surface area contributed by atoms with Crippen LogP contribution in [0.5, 0.6) is 0 Å². The van der Waals surface area contributed by atoms with Gasteiger partial charge in [-0.25, -0.2) is 4.68 Å². The molecule has 2 fully saturated rings. The molecule has 0 spiro atoms. The van der Waals surface area contributed by atoms with Gasteiger partial charge in [0.05, 0.1) is 12.6 Å². The first-order valence-electron chi connectivity index (χ1n) is 9.18. The zero-order chi connectivity index (χ0) is 17.8. The number of thioether (sulfide) groups is 1. The average Bonchev–Trinajstić information content (AvgIpc) is 3.43. The molecule has 0 aliphatic carbocycles. The number of rotatable bonds is 6. The van der Waals surface area contributed by atoms with Crippen LogP contribution in [-0.4, -0.2) is 56.8 Å². The SMILES string of the molecule is O=C(c1ccc(CSc2nnnn2CC2CCCO2)cc1)N1CCCC1. The predicted octanol–water partition coefficient (Wildman–Crippen LogP) is 2.38. The zero-order valence-electron chi connectivity index (χ0n) is 14.7. The molecule has 0 radical (unpaired) electrons. The second-order valence-electron chi connectivity index (χ2n) is 6.76. The quantitative estimate of drug-likeness (QED) is 0.724. The standard InChI is InChI=1S/C18H23N5O2S/c24-17(22-9-1-2-10-22)15-7-5-14(6-8-15)13-26-18-19-20-21-23(18)12-16-4-3-11-25-16/h5-8,16H,1-4,9-13H2. The van der Waals surface area contributed by atoms with E-state index in [1.165, 1.54) is 0 Å². The molecule has 2 aliphatic rings. The van der Waals surface area contributed by atoms with E-state index in [-0.39, 0.29) is 12.0 Å². The highest BCUT2D eigenvalue weighted by Crippen LogP contribution is 2.22. The molecule has 1 aromatic carbocycles. The minimum absolute atomic E-state index is 0.141. The van der Waals surface area contributed by atoms with Crippen LogP contribution in [0.1, 0.15) is 41.6 Å². The van der Waals surface area contributed by atoms with E-state index in [9.17, 15) is 4.79 Å². The first-order chi connectivity index (χ1) is 12.8. The van der Waals surface area contributed by atoms with Crippen LogP contribution in [0, 0.1) is 0 Å². The number of benzene rings is 1. The molecule has 4 rings (SSSR count). The fourth-order valence-electron chi connectivity index (χ4n) is 3.39.